The molecule has 1 amide bonds. The van der Waals surface area contributed by atoms with E-state index in [2.05, 4.69) is 15.4 Å². The van der Waals surface area contributed by atoms with E-state index in [-0.39, 0.29) is 17.7 Å². The van der Waals surface area contributed by atoms with Crippen LogP contribution >= 0.6 is 11.8 Å². The van der Waals surface area contributed by atoms with Crippen LogP contribution in [0.25, 0.3) is 16.7 Å². The maximum atomic E-state index is 13.3. The van der Waals surface area contributed by atoms with Gasteiger partial charge in [-0.25, -0.2) is 9.67 Å². The molecule has 11 heteroatoms. The first-order valence-electron chi connectivity index (χ1n) is 10.8. The van der Waals surface area contributed by atoms with Gasteiger partial charge in [-0.1, -0.05) is 17.8 Å². The molecular weight excluding hydrogens is 479 g/mol. The number of hydrogen-bond donors (Lipinski definition) is 1. The van der Waals surface area contributed by atoms with Crippen LogP contribution in [-0.2, 0) is 11.0 Å². The van der Waals surface area contributed by atoms with Crippen molar-refractivity contribution in [2.45, 2.75) is 37.6 Å². The molecule has 0 saturated heterocycles. The Hall–Kier alpha value is -3.60. The molecule has 5 rings (SSSR count). The quantitative estimate of drug-likeness (QED) is 0.404. The standard InChI is InChI=1S/C24H20F3N5O2S/c1-13-3-8-17(9-14(13)2)32-21-19(11-28-32)22(34)31-18(12-35-23(31)30-21)10-20(33)29-16-6-4-15(5-7-16)24(25,26)27/h3-9,11,18H,10,12H2,1-2H3,(H,29,33). The molecule has 7 nitrogen and oxygen atoms in total. The molecule has 0 aliphatic carbocycles. The van der Waals surface area contributed by atoms with Crippen molar-refractivity contribution in [3.8, 4) is 5.69 Å². The maximum Gasteiger partial charge on any atom is 0.416 e. The van der Waals surface area contributed by atoms with E-state index in [0.29, 0.717) is 21.9 Å². The Morgan fingerprint density at radius 3 is 2.57 bits per heavy atom. The van der Waals surface area contributed by atoms with Crippen LogP contribution in [0, 0.1) is 13.8 Å². The first-order valence-corrected chi connectivity index (χ1v) is 11.8. The molecule has 0 bridgehead atoms. The van der Waals surface area contributed by atoms with Crippen LogP contribution in [0.15, 0.2) is 58.6 Å². The SMILES string of the molecule is Cc1ccc(-n2ncc3c(=O)n4c(nc32)SCC4CC(=O)Nc2ccc(C(F)(F)F)cc2)cc1C. The molecule has 2 aromatic carbocycles. The minimum Gasteiger partial charge on any atom is -0.326 e. The number of benzene rings is 2. The minimum absolute atomic E-state index is 0.0145. The van der Waals surface area contributed by atoms with Gasteiger partial charge in [-0.15, -0.1) is 0 Å². The highest BCUT2D eigenvalue weighted by molar-refractivity contribution is 7.99. The molecule has 1 N–H and O–H groups in total. The van der Waals surface area contributed by atoms with Crippen molar-refractivity contribution in [1.29, 1.82) is 0 Å². The summed E-state index contributed by atoms with van der Waals surface area (Å²) in [6.45, 7) is 4.02. The van der Waals surface area contributed by atoms with E-state index in [1.807, 2.05) is 32.0 Å². The molecule has 0 saturated carbocycles. The number of carbonyl (C=O) groups excluding carboxylic acids is 1. The number of nitrogens with zero attached hydrogens (tertiary/aromatic N) is 4. The van der Waals surface area contributed by atoms with Gasteiger partial charge in [0, 0.05) is 17.9 Å². The molecule has 1 aliphatic rings. The lowest BCUT2D eigenvalue weighted by Gasteiger charge is -2.14. The number of thioether (sulfide) groups is 1. The first-order chi connectivity index (χ1) is 16.6. The number of aryl methyl sites for hydroxylation is 2. The number of nitrogens with one attached hydrogen (secondary N) is 1. The van der Waals surface area contributed by atoms with Crippen molar-refractivity contribution in [2.24, 2.45) is 0 Å². The van der Waals surface area contributed by atoms with Crippen LogP contribution in [0.3, 0.4) is 0 Å². The van der Waals surface area contributed by atoms with Crippen LogP contribution in [0.1, 0.15) is 29.2 Å². The topological polar surface area (TPSA) is 81.8 Å². The number of anilines is 1. The Morgan fingerprint density at radius 2 is 1.89 bits per heavy atom. The zero-order valence-corrected chi connectivity index (χ0v) is 19.6. The fraction of sp³-hybridized carbons (Fsp3) is 0.250. The van der Waals surface area contributed by atoms with E-state index < -0.39 is 23.7 Å². The number of rotatable bonds is 4. The fourth-order valence-electron chi connectivity index (χ4n) is 4.00. The predicted molar refractivity (Wildman–Crippen MR) is 127 cm³/mol. The zero-order valence-electron chi connectivity index (χ0n) is 18.8. The maximum absolute atomic E-state index is 13.3. The van der Waals surface area contributed by atoms with E-state index in [0.717, 1.165) is 28.9 Å². The molecular formula is C24H20F3N5O2S. The largest absolute Gasteiger partial charge is 0.416 e. The second-order valence-electron chi connectivity index (χ2n) is 8.42. The van der Waals surface area contributed by atoms with Gasteiger partial charge in [0.15, 0.2) is 10.8 Å². The van der Waals surface area contributed by atoms with Crippen molar-refractivity contribution in [2.75, 3.05) is 11.1 Å². The average molecular weight is 500 g/mol. The first kappa shape index (κ1) is 23.2. The van der Waals surface area contributed by atoms with E-state index in [1.165, 1.54) is 34.7 Å². The summed E-state index contributed by atoms with van der Waals surface area (Å²) in [5.74, 6) is 0.0767. The Labute approximate surface area is 202 Å². The smallest absolute Gasteiger partial charge is 0.326 e. The lowest BCUT2D eigenvalue weighted by molar-refractivity contribution is -0.137. The molecule has 4 aromatic rings. The molecule has 1 unspecified atom stereocenters. The summed E-state index contributed by atoms with van der Waals surface area (Å²) in [4.78, 5) is 30.5. The minimum atomic E-state index is -4.45. The molecule has 1 aliphatic heterocycles. The monoisotopic (exact) mass is 499 g/mol. The van der Waals surface area contributed by atoms with Crippen LogP contribution in [0.4, 0.5) is 18.9 Å². The van der Waals surface area contributed by atoms with Crippen molar-refractivity contribution in [3.63, 3.8) is 0 Å². The summed E-state index contributed by atoms with van der Waals surface area (Å²) in [6, 6.07) is 9.69. The number of aromatic nitrogens is 4. The summed E-state index contributed by atoms with van der Waals surface area (Å²) in [7, 11) is 0. The summed E-state index contributed by atoms with van der Waals surface area (Å²) in [5.41, 5.74) is 2.67. The Kier molecular flexibility index (Phi) is 5.66. The van der Waals surface area contributed by atoms with Gasteiger partial charge in [0.1, 0.15) is 5.39 Å². The number of carbonyl (C=O) groups is 1. The second-order valence-corrected chi connectivity index (χ2v) is 9.41. The van der Waals surface area contributed by atoms with Crippen molar-refractivity contribution < 1.29 is 18.0 Å². The lowest BCUT2D eigenvalue weighted by Crippen LogP contribution is -2.27. The highest BCUT2D eigenvalue weighted by Gasteiger charge is 2.31. The third kappa shape index (κ3) is 4.31. The van der Waals surface area contributed by atoms with Crippen LogP contribution in [-0.4, -0.2) is 31.0 Å². The number of hydrogen-bond acceptors (Lipinski definition) is 5. The summed E-state index contributed by atoms with van der Waals surface area (Å²) in [6.07, 6.45) is -2.98. The van der Waals surface area contributed by atoms with Gasteiger partial charge >= 0.3 is 6.18 Å². The number of halogens is 3. The third-order valence-corrected chi connectivity index (χ3v) is 7.12. The van der Waals surface area contributed by atoms with Gasteiger partial charge in [0.2, 0.25) is 5.91 Å². The molecule has 1 atom stereocenters. The van der Waals surface area contributed by atoms with Crippen LogP contribution in [0.5, 0.6) is 0 Å². The van der Waals surface area contributed by atoms with Gasteiger partial charge in [0.25, 0.3) is 5.56 Å². The van der Waals surface area contributed by atoms with Gasteiger partial charge < -0.3 is 5.32 Å². The molecule has 2 aromatic heterocycles. The average Bonchev–Trinajstić information content (AvgIpc) is 3.40. The van der Waals surface area contributed by atoms with Crippen molar-refractivity contribution in [3.05, 3.63) is 75.7 Å². The number of amides is 1. The summed E-state index contributed by atoms with van der Waals surface area (Å²) in [5, 5.41) is 7.83. The fourth-order valence-corrected chi connectivity index (χ4v) is 5.13. The van der Waals surface area contributed by atoms with Crippen LogP contribution in [0.2, 0.25) is 0 Å². The van der Waals surface area contributed by atoms with Gasteiger partial charge in [-0.05, 0) is 61.4 Å². The van der Waals surface area contributed by atoms with Gasteiger partial charge in [0.05, 0.1) is 23.5 Å². The van der Waals surface area contributed by atoms with E-state index in [9.17, 15) is 22.8 Å². The molecule has 180 valence electrons. The van der Waals surface area contributed by atoms with Crippen molar-refractivity contribution in [1.82, 2.24) is 19.3 Å². The van der Waals surface area contributed by atoms with E-state index >= 15 is 0 Å². The molecule has 3 heterocycles. The normalized spacial score (nSPS) is 15.4. The Bertz CT molecular complexity index is 1510. The summed E-state index contributed by atoms with van der Waals surface area (Å²) < 4.78 is 41.4. The summed E-state index contributed by atoms with van der Waals surface area (Å²) >= 11 is 1.38. The highest BCUT2D eigenvalue weighted by atomic mass is 32.2. The predicted octanol–water partition coefficient (Wildman–Crippen LogP) is 4.89. The zero-order chi connectivity index (χ0) is 24.9. The Morgan fingerprint density at radius 1 is 1.14 bits per heavy atom. The van der Waals surface area contributed by atoms with E-state index in [4.69, 9.17) is 0 Å². The molecule has 35 heavy (non-hydrogen) atoms. The second kappa shape index (κ2) is 8.56. The lowest BCUT2D eigenvalue weighted by atomic mass is 10.1. The number of fused-ring (bicyclic) bond motifs is 2. The van der Waals surface area contributed by atoms with Gasteiger partial charge in [-0.3, -0.25) is 14.2 Å². The third-order valence-electron chi connectivity index (χ3n) is 6.02. The van der Waals surface area contributed by atoms with Crippen molar-refractivity contribution >= 4 is 34.4 Å². The number of alkyl halides is 3. The molecule has 0 spiro atoms. The highest BCUT2D eigenvalue weighted by Crippen LogP contribution is 2.34. The van der Waals surface area contributed by atoms with Crippen LogP contribution < -0.4 is 10.9 Å². The molecule has 0 fully saturated rings. The molecule has 0 radical (unpaired) electrons. The Balaban J connectivity index is 1.39. The van der Waals surface area contributed by atoms with E-state index in [1.54, 1.807) is 4.68 Å². The van der Waals surface area contributed by atoms with Gasteiger partial charge in [-0.2, -0.15) is 18.3 Å².